The van der Waals surface area contributed by atoms with Crippen molar-refractivity contribution in [2.24, 2.45) is 5.92 Å². The first-order valence-electron chi connectivity index (χ1n) is 4.56. The standard InChI is InChI=1S/C9H14N2O3/c1-6(8(12)13)11-9(14)10-5-4-7-2-3-7/h4-7H,2-3H2,1H3,(H,12,13)(H2,10,11,14)/b5-4+. The Morgan fingerprint density at radius 3 is 2.64 bits per heavy atom. The van der Waals surface area contributed by atoms with Gasteiger partial charge in [-0.1, -0.05) is 6.08 Å². The van der Waals surface area contributed by atoms with Crippen LogP contribution in [0, 0.1) is 5.92 Å². The molecular formula is C9H14N2O3. The molecule has 0 aromatic heterocycles. The minimum atomic E-state index is -1.05. The van der Waals surface area contributed by atoms with Gasteiger partial charge in [0.2, 0.25) is 0 Å². The number of amides is 2. The van der Waals surface area contributed by atoms with Gasteiger partial charge < -0.3 is 15.7 Å². The Balaban J connectivity index is 2.17. The second-order valence-corrected chi connectivity index (χ2v) is 3.37. The molecular weight excluding hydrogens is 184 g/mol. The third-order valence-corrected chi connectivity index (χ3v) is 1.92. The van der Waals surface area contributed by atoms with Crippen molar-refractivity contribution in [1.29, 1.82) is 0 Å². The molecule has 0 heterocycles. The van der Waals surface area contributed by atoms with Crippen molar-refractivity contribution in [3.05, 3.63) is 12.3 Å². The molecule has 2 amide bonds. The van der Waals surface area contributed by atoms with Gasteiger partial charge in [-0.25, -0.2) is 4.79 Å². The van der Waals surface area contributed by atoms with E-state index in [2.05, 4.69) is 10.6 Å². The lowest BCUT2D eigenvalue weighted by molar-refractivity contribution is -0.138. The normalized spacial score (nSPS) is 17.8. The molecule has 1 unspecified atom stereocenters. The van der Waals surface area contributed by atoms with Gasteiger partial charge in [-0.3, -0.25) is 4.79 Å². The highest BCUT2D eigenvalue weighted by Crippen LogP contribution is 2.29. The number of carboxylic acid groups (broad SMARTS) is 1. The van der Waals surface area contributed by atoms with Crippen LogP contribution in [0.3, 0.4) is 0 Å². The topological polar surface area (TPSA) is 78.4 Å². The van der Waals surface area contributed by atoms with E-state index in [-0.39, 0.29) is 0 Å². The fraction of sp³-hybridized carbons (Fsp3) is 0.556. The number of allylic oxidation sites excluding steroid dienone is 1. The predicted molar refractivity (Wildman–Crippen MR) is 50.6 cm³/mol. The summed E-state index contributed by atoms with van der Waals surface area (Å²) >= 11 is 0. The summed E-state index contributed by atoms with van der Waals surface area (Å²) in [7, 11) is 0. The first kappa shape index (κ1) is 10.6. The van der Waals surface area contributed by atoms with Gasteiger partial charge in [0.05, 0.1) is 0 Å². The van der Waals surface area contributed by atoms with Crippen molar-refractivity contribution in [2.45, 2.75) is 25.8 Å². The highest BCUT2D eigenvalue weighted by atomic mass is 16.4. The molecule has 1 aliphatic carbocycles. The lowest BCUT2D eigenvalue weighted by atomic mass is 10.3. The molecule has 14 heavy (non-hydrogen) atoms. The van der Waals surface area contributed by atoms with E-state index in [1.807, 2.05) is 6.08 Å². The molecule has 1 rings (SSSR count). The van der Waals surface area contributed by atoms with Crippen molar-refractivity contribution in [3.63, 3.8) is 0 Å². The van der Waals surface area contributed by atoms with E-state index in [0.717, 1.165) is 0 Å². The summed E-state index contributed by atoms with van der Waals surface area (Å²) in [5.74, 6) is -0.460. The van der Waals surface area contributed by atoms with Gasteiger partial charge in [0, 0.05) is 6.20 Å². The summed E-state index contributed by atoms with van der Waals surface area (Å²) in [6, 6.07) is -1.36. The molecule has 1 atom stereocenters. The number of carbonyl (C=O) groups is 2. The lowest BCUT2D eigenvalue weighted by Crippen LogP contribution is -2.42. The van der Waals surface area contributed by atoms with Crippen molar-refractivity contribution >= 4 is 12.0 Å². The van der Waals surface area contributed by atoms with E-state index in [1.54, 1.807) is 6.20 Å². The molecule has 1 saturated carbocycles. The number of hydrogen-bond donors (Lipinski definition) is 3. The largest absolute Gasteiger partial charge is 0.480 e. The fourth-order valence-electron chi connectivity index (χ4n) is 0.849. The summed E-state index contributed by atoms with van der Waals surface area (Å²) in [5.41, 5.74) is 0. The quantitative estimate of drug-likeness (QED) is 0.621. The van der Waals surface area contributed by atoms with Crippen LogP contribution in [0.4, 0.5) is 4.79 Å². The molecule has 3 N–H and O–H groups in total. The highest BCUT2D eigenvalue weighted by molar-refractivity contribution is 5.82. The van der Waals surface area contributed by atoms with Crippen LogP contribution in [0.5, 0.6) is 0 Å². The molecule has 0 aromatic rings. The van der Waals surface area contributed by atoms with Crippen molar-refractivity contribution < 1.29 is 14.7 Å². The van der Waals surface area contributed by atoms with Gasteiger partial charge in [-0.15, -0.1) is 0 Å². The molecule has 0 spiro atoms. The van der Waals surface area contributed by atoms with Gasteiger partial charge in [0.1, 0.15) is 6.04 Å². The number of rotatable bonds is 4. The van der Waals surface area contributed by atoms with Crippen LogP contribution < -0.4 is 10.6 Å². The Bertz CT molecular complexity index is 259. The Hall–Kier alpha value is -1.52. The number of hydrogen-bond acceptors (Lipinski definition) is 2. The Morgan fingerprint density at radius 1 is 1.50 bits per heavy atom. The summed E-state index contributed by atoms with van der Waals surface area (Å²) in [6.07, 6.45) is 5.81. The number of urea groups is 1. The third kappa shape index (κ3) is 3.93. The lowest BCUT2D eigenvalue weighted by Gasteiger charge is -2.07. The minimum Gasteiger partial charge on any atom is -0.480 e. The summed E-state index contributed by atoms with van der Waals surface area (Å²) in [4.78, 5) is 21.4. The van der Waals surface area contributed by atoms with Gasteiger partial charge in [-0.2, -0.15) is 0 Å². The molecule has 0 saturated heterocycles. The van der Waals surface area contributed by atoms with E-state index in [1.165, 1.54) is 19.8 Å². The van der Waals surface area contributed by atoms with Crippen LogP contribution in [0.25, 0.3) is 0 Å². The van der Waals surface area contributed by atoms with Crippen LogP contribution in [0.1, 0.15) is 19.8 Å². The zero-order valence-electron chi connectivity index (χ0n) is 7.99. The first-order valence-corrected chi connectivity index (χ1v) is 4.56. The molecule has 0 aromatic carbocycles. The minimum absolute atomic E-state index is 0.489. The van der Waals surface area contributed by atoms with E-state index < -0.39 is 18.0 Å². The Labute approximate surface area is 82.2 Å². The molecule has 5 heteroatoms. The van der Waals surface area contributed by atoms with E-state index >= 15 is 0 Å². The Kier molecular flexibility index (Phi) is 3.50. The molecule has 1 fully saturated rings. The SMILES string of the molecule is CC(NC(=O)N/C=C/C1CC1)C(=O)O. The first-order chi connectivity index (χ1) is 6.59. The average Bonchev–Trinajstić information content (AvgIpc) is 2.87. The molecule has 1 aliphatic rings. The fourth-order valence-corrected chi connectivity index (χ4v) is 0.849. The number of carboxylic acids is 1. The van der Waals surface area contributed by atoms with E-state index in [4.69, 9.17) is 5.11 Å². The van der Waals surface area contributed by atoms with Crippen LogP contribution in [-0.4, -0.2) is 23.1 Å². The second kappa shape index (κ2) is 4.64. The average molecular weight is 198 g/mol. The van der Waals surface area contributed by atoms with Gasteiger partial charge in [0.15, 0.2) is 0 Å². The van der Waals surface area contributed by atoms with Crippen molar-refractivity contribution in [3.8, 4) is 0 Å². The summed E-state index contributed by atoms with van der Waals surface area (Å²) in [5, 5.41) is 13.2. The van der Waals surface area contributed by atoms with Gasteiger partial charge >= 0.3 is 12.0 Å². The monoisotopic (exact) mass is 198 g/mol. The van der Waals surface area contributed by atoms with Crippen molar-refractivity contribution in [2.75, 3.05) is 0 Å². The van der Waals surface area contributed by atoms with Crippen LogP contribution in [0.2, 0.25) is 0 Å². The maximum Gasteiger partial charge on any atom is 0.325 e. The molecule has 78 valence electrons. The maximum absolute atomic E-state index is 11.0. The second-order valence-electron chi connectivity index (χ2n) is 3.37. The van der Waals surface area contributed by atoms with Gasteiger partial charge in [-0.05, 0) is 25.7 Å². The Morgan fingerprint density at radius 2 is 2.14 bits per heavy atom. The van der Waals surface area contributed by atoms with E-state index in [9.17, 15) is 9.59 Å². The summed E-state index contributed by atoms with van der Waals surface area (Å²) in [6.45, 7) is 1.41. The summed E-state index contributed by atoms with van der Waals surface area (Å²) < 4.78 is 0. The smallest absolute Gasteiger partial charge is 0.325 e. The van der Waals surface area contributed by atoms with Crippen LogP contribution in [-0.2, 0) is 4.79 Å². The number of carbonyl (C=O) groups excluding carboxylic acids is 1. The third-order valence-electron chi connectivity index (χ3n) is 1.92. The zero-order chi connectivity index (χ0) is 10.6. The molecule has 5 nitrogen and oxygen atoms in total. The highest BCUT2D eigenvalue weighted by Gasteiger charge is 2.17. The number of aliphatic carboxylic acids is 1. The predicted octanol–water partition coefficient (Wildman–Crippen LogP) is 0.682. The molecule has 0 bridgehead atoms. The van der Waals surface area contributed by atoms with Crippen LogP contribution in [0.15, 0.2) is 12.3 Å². The maximum atomic E-state index is 11.0. The van der Waals surface area contributed by atoms with Gasteiger partial charge in [0.25, 0.3) is 0 Å². The molecule has 0 radical (unpaired) electrons. The number of nitrogens with one attached hydrogen (secondary N) is 2. The molecule has 0 aliphatic heterocycles. The van der Waals surface area contributed by atoms with Crippen molar-refractivity contribution in [1.82, 2.24) is 10.6 Å². The zero-order valence-corrected chi connectivity index (χ0v) is 7.99. The van der Waals surface area contributed by atoms with E-state index in [0.29, 0.717) is 5.92 Å². The van der Waals surface area contributed by atoms with Crippen LogP contribution >= 0.6 is 0 Å².